The van der Waals surface area contributed by atoms with Crippen LogP contribution in [0.1, 0.15) is 0 Å². The molecule has 0 spiro atoms. The Hall–Kier alpha value is -19.8. The molecule has 0 unspecified atom stereocenters. The van der Waals surface area contributed by atoms with Crippen molar-refractivity contribution in [1.29, 1.82) is 0 Å². The summed E-state index contributed by atoms with van der Waals surface area (Å²) in [5.41, 5.74) is 36.1. The molecule has 24 aromatic rings. The highest BCUT2D eigenvalue weighted by Crippen LogP contribution is 2.43. The fourth-order valence-corrected chi connectivity index (χ4v) is 18.4. The van der Waals surface area contributed by atoms with Gasteiger partial charge in [-0.25, -0.2) is 44.9 Å². The lowest BCUT2D eigenvalue weighted by Gasteiger charge is -2.14. The van der Waals surface area contributed by atoms with E-state index in [1.807, 2.05) is 141 Å². The molecule has 0 N–H and O–H groups in total. The number of benzene rings is 14. The van der Waals surface area contributed by atoms with Gasteiger partial charge in [0.1, 0.15) is 0 Å². The van der Waals surface area contributed by atoms with Gasteiger partial charge in [0.05, 0.1) is 0 Å². The minimum Gasteiger partial charge on any atom is -0.265 e. The minimum atomic E-state index is 0.506. The molecular weight excluding hydrogens is 1760 g/mol. The Morgan fingerprint density at radius 1 is 0.0833 bits per heavy atom. The van der Waals surface area contributed by atoms with Crippen molar-refractivity contribution in [3.8, 4) is 258 Å². The van der Waals surface area contributed by atoms with Gasteiger partial charge in [-0.15, -0.1) is 0 Å². The minimum absolute atomic E-state index is 0.506. The van der Waals surface area contributed by atoms with E-state index in [2.05, 4.69) is 356 Å². The molecule has 10 aromatic heterocycles. The van der Waals surface area contributed by atoms with Gasteiger partial charge >= 0.3 is 0 Å². The van der Waals surface area contributed by atoms with Gasteiger partial charge in [0.25, 0.3) is 0 Å². The zero-order valence-corrected chi connectivity index (χ0v) is 77.5. The van der Waals surface area contributed by atoms with Crippen molar-refractivity contribution in [2.75, 3.05) is 0 Å². The fourth-order valence-electron chi connectivity index (χ4n) is 18.4. The summed E-state index contributed by atoms with van der Waals surface area (Å²) in [4.78, 5) is 78.7. The number of hydrogen-bond donors (Lipinski definition) is 0. The maximum Gasteiger partial charge on any atom is 0.164 e. The topological polar surface area (TPSA) is 206 Å². The first-order valence-corrected chi connectivity index (χ1v) is 47.4. The van der Waals surface area contributed by atoms with Crippen LogP contribution in [0.25, 0.3) is 258 Å². The number of nitrogens with zero attached hydrogens (tertiary/aromatic N) is 16. The van der Waals surface area contributed by atoms with Crippen LogP contribution in [0.5, 0.6) is 0 Å². The molecule has 24 rings (SSSR count). The standard InChI is InChI=1S/C128H82N16/c1-2-13-92(14-3-1)120-136-121(93-41-33-83(34-42-93)89-49-59-129-60-50-89)140-126(139-120)117-73-111(70-114(76-117)108-26-10-56-133-80-108)88-31-29-86(30-32-88)97-15-5-18-100(66-97)102-20-8-24-106(69-102)125-138-124(95-45-37-85(38-46-95)91-53-63-131-64-54-91)143-128(144-125)119-74-112(71-115(78-119)109-27-11-57-134-81-109)104-22-6-19-101(67-104)99-17-4-16-98(65-99)87-39-47-96(48-40-87)123-137-122(94-43-35-84(36-44-94)90-51-61-130-62-52-90)141-127(142-123)118-75-113(72-116(77-118)110-28-12-58-135-82-110)105-23-7-21-103(68-105)107-25-9-55-132-79-107/h1-82H. The van der Waals surface area contributed by atoms with Gasteiger partial charge in [-0.1, -0.05) is 267 Å². The van der Waals surface area contributed by atoms with Crippen LogP contribution in [0, 0.1) is 0 Å². The molecule has 16 heteroatoms. The highest BCUT2D eigenvalue weighted by atomic mass is 15.1. The van der Waals surface area contributed by atoms with Gasteiger partial charge in [0.2, 0.25) is 0 Å². The number of pyridine rings is 7. The maximum atomic E-state index is 5.49. The number of hydrogen-bond acceptors (Lipinski definition) is 16. The van der Waals surface area contributed by atoms with E-state index in [4.69, 9.17) is 44.9 Å². The first kappa shape index (κ1) is 87.0. The smallest absolute Gasteiger partial charge is 0.164 e. The highest BCUT2D eigenvalue weighted by molar-refractivity contribution is 5.89. The third-order valence-electron chi connectivity index (χ3n) is 25.9. The van der Waals surface area contributed by atoms with Gasteiger partial charge in [0, 0.05) is 159 Å². The molecular formula is C128H82N16. The van der Waals surface area contributed by atoms with E-state index in [1.165, 1.54) is 0 Å². The van der Waals surface area contributed by atoms with Crippen LogP contribution in [0.4, 0.5) is 0 Å². The Kier molecular flexibility index (Phi) is 23.8. The molecule has 0 radical (unpaired) electrons. The summed E-state index contributed by atoms with van der Waals surface area (Å²) in [7, 11) is 0. The second-order valence-corrected chi connectivity index (χ2v) is 35.1. The molecule has 0 amide bonds. The predicted molar refractivity (Wildman–Crippen MR) is 576 cm³/mol. The van der Waals surface area contributed by atoms with E-state index in [0.29, 0.717) is 52.4 Å². The summed E-state index contributed by atoms with van der Waals surface area (Å²) >= 11 is 0. The second kappa shape index (κ2) is 39.3. The van der Waals surface area contributed by atoms with E-state index in [9.17, 15) is 0 Å². The molecule has 14 aromatic carbocycles. The summed E-state index contributed by atoms with van der Waals surface area (Å²) in [5, 5.41) is 0. The second-order valence-electron chi connectivity index (χ2n) is 35.1. The maximum absolute atomic E-state index is 5.49. The van der Waals surface area contributed by atoms with Crippen molar-refractivity contribution in [2.24, 2.45) is 0 Å². The van der Waals surface area contributed by atoms with Crippen LogP contribution >= 0.6 is 0 Å². The molecule has 674 valence electrons. The van der Waals surface area contributed by atoms with Crippen LogP contribution < -0.4 is 0 Å². The Balaban J connectivity index is 0.545. The van der Waals surface area contributed by atoms with Crippen molar-refractivity contribution in [3.63, 3.8) is 0 Å². The molecule has 0 atom stereocenters. The van der Waals surface area contributed by atoms with E-state index < -0.39 is 0 Å². The molecule has 10 heterocycles. The first-order valence-electron chi connectivity index (χ1n) is 47.4. The van der Waals surface area contributed by atoms with Crippen LogP contribution in [-0.2, 0) is 0 Å². The van der Waals surface area contributed by atoms with Gasteiger partial charge < -0.3 is 0 Å². The Morgan fingerprint density at radius 3 is 0.507 bits per heavy atom. The third kappa shape index (κ3) is 18.9. The number of rotatable bonds is 23. The molecule has 0 aliphatic carbocycles. The monoisotopic (exact) mass is 1840 g/mol. The van der Waals surface area contributed by atoms with Crippen molar-refractivity contribution >= 4 is 0 Å². The SMILES string of the molecule is c1ccc(-c2nc(-c3ccc(-c4ccncc4)cc3)nc(-c3cc(-c4ccc(-c5cccc(-c6cccc(-c7nc(-c8ccc(-c9ccncc9)cc8)nc(-c8cc(-c9cccnc9)cc(-c9cccc(-c%10cccc(-c%11ccc(-c%12nc(-c%13ccc(-c%14ccncc%14)cc%13)nc(-c%13cc(-c%14cccnc%14)cc(-c%14cccc(-c%15cccnc%15)c%14)c%13)n%12)cc%11)c%10)c9)c8)n7)c6)c5)cc4)cc(-c4cccnc4)c3)n2)cc1. The molecule has 144 heavy (non-hydrogen) atoms. The van der Waals surface area contributed by atoms with Gasteiger partial charge in [-0.2, -0.15) is 0 Å². The highest BCUT2D eigenvalue weighted by Gasteiger charge is 2.23. The lowest BCUT2D eigenvalue weighted by atomic mass is 9.93. The van der Waals surface area contributed by atoms with Crippen molar-refractivity contribution in [3.05, 3.63) is 499 Å². The van der Waals surface area contributed by atoms with Crippen LogP contribution in [0.3, 0.4) is 0 Å². The Labute approximate surface area is 831 Å². The van der Waals surface area contributed by atoms with Gasteiger partial charge in [0.15, 0.2) is 52.4 Å². The molecule has 0 aliphatic rings. The predicted octanol–water partition coefficient (Wildman–Crippen LogP) is 30.3. The third-order valence-corrected chi connectivity index (χ3v) is 25.9. The average molecular weight is 1840 g/mol. The van der Waals surface area contributed by atoms with Crippen molar-refractivity contribution in [1.82, 2.24) is 79.7 Å². The largest absolute Gasteiger partial charge is 0.265 e. The molecule has 0 fully saturated rings. The summed E-state index contributed by atoms with van der Waals surface area (Å²) < 4.78 is 0. The molecule has 0 aliphatic heterocycles. The first-order chi connectivity index (χ1) is 71.2. The van der Waals surface area contributed by atoms with Crippen molar-refractivity contribution in [2.45, 2.75) is 0 Å². The summed E-state index contributed by atoms with van der Waals surface area (Å²) in [6.45, 7) is 0. The van der Waals surface area contributed by atoms with E-state index >= 15 is 0 Å². The van der Waals surface area contributed by atoms with Gasteiger partial charge in [-0.05, 0) is 279 Å². The van der Waals surface area contributed by atoms with E-state index in [-0.39, 0.29) is 0 Å². The van der Waals surface area contributed by atoms with E-state index in [1.54, 1.807) is 37.2 Å². The molecule has 0 bridgehead atoms. The Morgan fingerprint density at radius 2 is 0.236 bits per heavy atom. The summed E-state index contributed by atoms with van der Waals surface area (Å²) in [6.07, 6.45) is 25.6. The Bertz CT molecular complexity index is 8790. The number of aromatic nitrogens is 16. The average Bonchev–Trinajstić information content (AvgIpc) is 0.783. The van der Waals surface area contributed by atoms with Crippen LogP contribution in [0.2, 0.25) is 0 Å². The normalized spacial score (nSPS) is 11.2. The summed E-state index contributed by atoms with van der Waals surface area (Å²) in [6, 6.07) is 143. The van der Waals surface area contributed by atoms with Gasteiger partial charge in [-0.3, -0.25) is 34.9 Å². The molecule has 0 saturated heterocycles. The lowest BCUT2D eigenvalue weighted by Crippen LogP contribution is -2.01. The van der Waals surface area contributed by atoms with Crippen molar-refractivity contribution < 1.29 is 0 Å². The fraction of sp³-hybridized carbons (Fsp3) is 0. The van der Waals surface area contributed by atoms with E-state index in [0.717, 1.165) is 206 Å². The van der Waals surface area contributed by atoms with Crippen LogP contribution in [-0.4, -0.2) is 79.7 Å². The zero-order chi connectivity index (χ0) is 95.9. The van der Waals surface area contributed by atoms with Crippen LogP contribution in [0.15, 0.2) is 499 Å². The molecule has 16 nitrogen and oxygen atoms in total. The zero-order valence-electron chi connectivity index (χ0n) is 77.5. The molecule has 0 saturated carbocycles. The lowest BCUT2D eigenvalue weighted by molar-refractivity contribution is 1.07. The summed E-state index contributed by atoms with van der Waals surface area (Å²) in [5.74, 6) is 4.84. The quantitative estimate of drug-likeness (QED) is 0.0584.